The normalized spacial score (nSPS) is 10.4. The summed E-state index contributed by atoms with van der Waals surface area (Å²) in [5, 5.41) is 0.470. The van der Waals surface area contributed by atoms with Crippen LogP contribution in [-0.2, 0) is 6.61 Å². The van der Waals surface area contributed by atoms with Crippen molar-refractivity contribution in [1.82, 2.24) is 0 Å². The van der Waals surface area contributed by atoms with Crippen molar-refractivity contribution in [2.24, 2.45) is 0 Å². The first-order valence-corrected chi connectivity index (χ1v) is 5.56. The van der Waals surface area contributed by atoms with Crippen LogP contribution in [0.2, 0.25) is 5.02 Å². The maximum Gasteiger partial charge on any atom is 0.162 e. The summed E-state index contributed by atoms with van der Waals surface area (Å²) in [6.45, 7) is 0.157. The van der Waals surface area contributed by atoms with E-state index in [0.29, 0.717) is 10.7 Å². The Kier molecular flexibility index (Phi) is 3.67. The molecule has 2 N–H and O–H groups in total. The first-order chi connectivity index (χ1) is 8.56. The van der Waals surface area contributed by atoms with Crippen LogP contribution in [-0.4, -0.2) is 0 Å². The van der Waals surface area contributed by atoms with Gasteiger partial charge in [-0.3, -0.25) is 0 Å². The highest BCUT2D eigenvalue weighted by Crippen LogP contribution is 2.22. The zero-order valence-electron chi connectivity index (χ0n) is 9.29. The molecule has 0 radical (unpaired) electrons. The second-order valence-electron chi connectivity index (χ2n) is 3.72. The number of rotatable bonds is 3. The predicted octanol–water partition coefficient (Wildman–Crippen LogP) is 3.78. The van der Waals surface area contributed by atoms with Gasteiger partial charge in [0.05, 0.1) is 0 Å². The highest BCUT2D eigenvalue weighted by Gasteiger charge is 2.05. The fourth-order valence-electron chi connectivity index (χ4n) is 1.41. The van der Waals surface area contributed by atoms with Crippen LogP contribution in [0.15, 0.2) is 36.4 Å². The van der Waals surface area contributed by atoms with Crippen LogP contribution in [0.3, 0.4) is 0 Å². The van der Waals surface area contributed by atoms with Crippen molar-refractivity contribution in [1.29, 1.82) is 0 Å². The molecule has 94 valence electrons. The third-order valence-corrected chi connectivity index (χ3v) is 2.71. The highest BCUT2D eigenvalue weighted by molar-refractivity contribution is 6.31. The number of hydrogen-bond donors (Lipinski definition) is 1. The molecular formula is C13H10ClF2NO. The summed E-state index contributed by atoms with van der Waals surface area (Å²) in [5.74, 6) is -1.62. The van der Waals surface area contributed by atoms with Crippen LogP contribution in [0, 0.1) is 11.6 Å². The van der Waals surface area contributed by atoms with Gasteiger partial charge in [0.1, 0.15) is 12.4 Å². The summed E-state index contributed by atoms with van der Waals surface area (Å²) in [7, 11) is 0. The molecule has 0 amide bonds. The molecular weight excluding hydrogens is 260 g/mol. The molecule has 0 spiro atoms. The molecule has 0 saturated heterocycles. The van der Waals surface area contributed by atoms with Crippen molar-refractivity contribution < 1.29 is 13.5 Å². The van der Waals surface area contributed by atoms with Crippen molar-refractivity contribution in [3.8, 4) is 5.75 Å². The van der Waals surface area contributed by atoms with Crippen molar-refractivity contribution >= 4 is 17.3 Å². The molecule has 0 aliphatic carbocycles. The third kappa shape index (κ3) is 2.90. The molecule has 0 bridgehead atoms. The fourth-order valence-corrected chi connectivity index (χ4v) is 1.65. The number of ether oxygens (including phenoxy) is 1. The van der Waals surface area contributed by atoms with Gasteiger partial charge in [-0.05, 0) is 24.3 Å². The van der Waals surface area contributed by atoms with Gasteiger partial charge in [0.25, 0.3) is 0 Å². The monoisotopic (exact) mass is 269 g/mol. The minimum absolute atomic E-state index is 0.157. The van der Waals surface area contributed by atoms with Crippen LogP contribution >= 0.6 is 11.6 Å². The van der Waals surface area contributed by atoms with Crippen molar-refractivity contribution in [2.75, 3.05) is 5.73 Å². The van der Waals surface area contributed by atoms with Crippen LogP contribution in [0.4, 0.5) is 14.5 Å². The SMILES string of the molecule is Nc1ccc(COc2ccc(F)c(F)c2)c(Cl)c1. The van der Waals surface area contributed by atoms with Gasteiger partial charge in [0.15, 0.2) is 11.6 Å². The van der Waals surface area contributed by atoms with Crippen LogP contribution in [0.5, 0.6) is 5.75 Å². The molecule has 0 aliphatic rings. The maximum absolute atomic E-state index is 12.9. The number of nitrogens with two attached hydrogens (primary N) is 1. The summed E-state index contributed by atoms with van der Waals surface area (Å²) in [5.41, 5.74) is 6.83. The van der Waals surface area contributed by atoms with Crippen molar-refractivity contribution in [3.63, 3.8) is 0 Å². The number of nitrogen functional groups attached to an aromatic ring is 1. The lowest BCUT2D eigenvalue weighted by atomic mass is 10.2. The molecule has 0 unspecified atom stereocenters. The predicted molar refractivity (Wildman–Crippen MR) is 66.6 cm³/mol. The van der Waals surface area contributed by atoms with Crippen LogP contribution < -0.4 is 10.5 Å². The average Bonchev–Trinajstić information content (AvgIpc) is 2.32. The molecule has 18 heavy (non-hydrogen) atoms. The Morgan fingerprint density at radius 2 is 1.83 bits per heavy atom. The Morgan fingerprint density at radius 1 is 1.06 bits per heavy atom. The first-order valence-electron chi connectivity index (χ1n) is 5.18. The summed E-state index contributed by atoms with van der Waals surface area (Å²) in [4.78, 5) is 0. The van der Waals surface area contributed by atoms with Gasteiger partial charge in [-0.25, -0.2) is 8.78 Å². The minimum atomic E-state index is -0.948. The Hall–Kier alpha value is -1.81. The zero-order valence-corrected chi connectivity index (χ0v) is 10.0. The number of hydrogen-bond acceptors (Lipinski definition) is 2. The third-order valence-electron chi connectivity index (χ3n) is 2.36. The minimum Gasteiger partial charge on any atom is -0.489 e. The van der Waals surface area contributed by atoms with E-state index in [1.54, 1.807) is 18.2 Å². The second-order valence-corrected chi connectivity index (χ2v) is 4.12. The fraction of sp³-hybridized carbons (Fsp3) is 0.0769. The van der Waals surface area contributed by atoms with E-state index in [-0.39, 0.29) is 12.4 Å². The van der Waals surface area contributed by atoms with E-state index in [0.717, 1.165) is 17.7 Å². The van der Waals surface area contributed by atoms with E-state index < -0.39 is 11.6 Å². The van der Waals surface area contributed by atoms with Gasteiger partial charge >= 0.3 is 0 Å². The van der Waals surface area contributed by atoms with Crippen LogP contribution in [0.25, 0.3) is 0 Å². The molecule has 0 aromatic heterocycles. The van der Waals surface area contributed by atoms with Gasteiger partial charge in [-0.2, -0.15) is 0 Å². The maximum atomic E-state index is 12.9. The van der Waals surface area contributed by atoms with E-state index in [2.05, 4.69) is 0 Å². The largest absolute Gasteiger partial charge is 0.489 e. The molecule has 0 aliphatic heterocycles. The average molecular weight is 270 g/mol. The van der Waals surface area contributed by atoms with Crippen LogP contribution in [0.1, 0.15) is 5.56 Å². The molecule has 5 heteroatoms. The standard InChI is InChI=1S/C13H10ClF2NO/c14-11-5-9(17)2-1-8(11)7-18-10-3-4-12(15)13(16)6-10/h1-6H,7,17H2. The first kappa shape index (κ1) is 12.6. The number of benzene rings is 2. The Balaban J connectivity index is 2.09. The Labute approximate surface area is 108 Å². The van der Waals surface area contributed by atoms with E-state index in [4.69, 9.17) is 22.1 Å². The smallest absolute Gasteiger partial charge is 0.162 e. The summed E-state index contributed by atoms with van der Waals surface area (Å²) < 4.78 is 31.0. The summed E-state index contributed by atoms with van der Waals surface area (Å²) in [6, 6.07) is 8.36. The number of anilines is 1. The lowest BCUT2D eigenvalue weighted by Crippen LogP contribution is -1.98. The molecule has 0 saturated carbocycles. The van der Waals surface area contributed by atoms with Gasteiger partial charge in [-0.1, -0.05) is 17.7 Å². The highest BCUT2D eigenvalue weighted by atomic mass is 35.5. The van der Waals surface area contributed by atoms with Gasteiger partial charge in [0, 0.05) is 22.3 Å². The van der Waals surface area contributed by atoms with Crippen molar-refractivity contribution in [2.45, 2.75) is 6.61 Å². The lowest BCUT2D eigenvalue weighted by Gasteiger charge is -2.08. The second kappa shape index (κ2) is 5.23. The molecule has 2 rings (SSSR count). The number of halogens is 3. The zero-order chi connectivity index (χ0) is 13.1. The molecule has 2 nitrogen and oxygen atoms in total. The van der Waals surface area contributed by atoms with E-state index >= 15 is 0 Å². The summed E-state index contributed by atoms with van der Waals surface area (Å²) >= 11 is 5.96. The summed E-state index contributed by atoms with van der Waals surface area (Å²) in [6.07, 6.45) is 0. The molecule has 0 heterocycles. The lowest BCUT2D eigenvalue weighted by molar-refractivity contribution is 0.303. The molecule has 2 aromatic carbocycles. The van der Waals surface area contributed by atoms with E-state index in [1.165, 1.54) is 6.07 Å². The quantitative estimate of drug-likeness (QED) is 0.861. The molecule has 0 atom stereocenters. The van der Waals surface area contributed by atoms with Crippen molar-refractivity contribution in [3.05, 3.63) is 58.6 Å². The Morgan fingerprint density at radius 3 is 2.50 bits per heavy atom. The van der Waals surface area contributed by atoms with Gasteiger partial charge < -0.3 is 10.5 Å². The van der Waals surface area contributed by atoms with Gasteiger partial charge in [-0.15, -0.1) is 0 Å². The van der Waals surface area contributed by atoms with Gasteiger partial charge in [0.2, 0.25) is 0 Å². The molecule has 2 aromatic rings. The van der Waals surface area contributed by atoms with E-state index in [1.807, 2.05) is 0 Å². The topological polar surface area (TPSA) is 35.2 Å². The van der Waals surface area contributed by atoms with E-state index in [9.17, 15) is 8.78 Å². The Bertz CT molecular complexity index is 575. The molecule has 0 fully saturated rings.